The van der Waals surface area contributed by atoms with E-state index in [0.717, 1.165) is 24.0 Å². The van der Waals surface area contributed by atoms with E-state index in [0.29, 0.717) is 10.8 Å². The van der Waals surface area contributed by atoms with E-state index in [1.54, 1.807) is 7.11 Å². The summed E-state index contributed by atoms with van der Waals surface area (Å²) in [4.78, 5) is 0. The molecule has 1 aliphatic carbocycles. The Bertz CT molecular complexity index is 420. The van der Waals surface area contributed by atoms with Crippen LogP contribution < -0.4 is 4.74 Å². The SMILES string of the molecule is COc1c(C)cc(C2(C#N)CC2)cc1Cl. The van der Waals surface area contributed by atoms with E-state index in [-0.39, 0.29) is 5.41 Å². The van der Waals surface area contributed by atoms with Crippen molar-refractivity contribution >= 4 is 11.6 Å². The van der Waals surface area contributed by atoms with E-state index in [1.807, 2.05) is 19.1 Å². The Morgan fingerprint density at radius 1 is 1.47 bits per heavy atom. The first kappa shape index (κ1) is 10.3. The average Bonchev–Trinajstić information content (AvgIpc) is 2.97. The molecule has 1 fully saturated rings. The molecule has 1 aromatic carbocycles. The summed E-state index contributed by atoms with van der Waals surface area (Å²) in [6.07, 6.45) is 1.87. The highest BCUT2D eigenvalue weighted by Crippen LogP contribution is 2.49. The van der Waals surface area contributed by atoms with Crippen LogP contribution in [0.2, 0.25) is 5.02 Å². The van der Waals surface area contributed by atoms with Crippen molar-refractivity contribution in [2.45, 2.75) is 25.2 Å². The number of methoxy groups -OCH3 is 1. The molecule has 0 radical (unpaired) electrons. The zero-order valence-corrected chi connectivity index (χ0v) is 9.56. The number of nitrogens with zero attached hydrogens (tertiary/aromatic N) is 1. The average molecular weight is 222 g/mol. The first-order chi connectivity index (χ1) is 7.13. The van der Waals surface area contributed by atoms with E-state index in [4.69, 9.17) is 21.6 Å². The number of hydrogen-bond donors (Lipinski definition) is 0. The maximum absolute atomic E-state index is 9.09. The van der Waals surface area contributed by atoms with Crippen molar-refractivity contribution in [3.05, 3.63) is 28.3 Å². The molecule has 2 rings (SSSR count). The van der Waals surface area contributed by atoms with Gasteiger partial charge in [-0.1, -0.05) is 17.7 Å². The Morgan fingerprint density at radius 3 is 2.53 bits per heavy atom. The molecule has 3 heteroatoms. The van der Waals surface area contributed by atoms with Gasteiger partial charge in [-0.2, -0.15) is 5.26 Å². The van der Waals surface area contributed by atoms with Gasteiger partial charge in [-0.3, -0.25) is 0 Å². The van der Waals surface area contributed by atoms with Crippen LogP contribution in [0.25, 0.3) is 0 Å². The normalized spacial score (nSPS) is 16.9. The maximum Gasteiger partial charge on any atom is 0.140 e. The molecule has 0 heterocycles. The highest BCUT2D eigenvalue weighted by molar-refractivity contribution is 6.32. The predicted octanol–water partition coefficient (Wildman–Crippen LogP) is 3.21. The third-order valence-electron chi connectivity index (χ3n) is 2.95. The van der Waals surface area contributed by atoms with Crippen molar-refractivity contribution < 1.29 is 4.74 Å². The predicted molar refractivity (Wildman–Crippen MR) is 59.3 cm³/mol. The van der Waals surface area contributed by atoms with Crippen molar-refractivity contribution in [2.75, 3.05) is 7.11 Å². The molecule has 0 aromatic heterocycles. The van der Waals surface area contributed by atoms with Gasteiger partial charge in [0.05, 0.1) is 23.6 Å². The van der Waals surface area contributed by atoms with Crippen LogP contribution in [0.15, 0.2) is 12.1 Å². The molecule has 78 valence electrons. The standard InChI is InChI=1S/C12H12ClNO/c1-8-5-9(12(7-14)3-4-12)6-10(13)11(8)15-2/h5-6H,3-4H2,1-2H3. The number of ether oxygens (including phenoxy) is 1. The third-order valence-corrected chi connectivity index (χ3v) is 3.23. The Labute approximate surface area is 94.4 Å². The third kappa shape index (κ3) is 1.57. The quantitative estimate of drug-likeness (QED) is 0.768. The number of nitriles is 1. The summed E-state index contributed by atoms with van der Waals surface area (Å²) < 4.78 is 5.18. The summed E-state index contributed by atoms with van der Waals surface area (Å²) in [6.45, 7) is 1.95. The van der Waals surface area contributed by atoms with Gasteiger partial charge >= 0.3 is 0 Å². The Balaban J connectivity index is 2.50. The van der Waals surface area contributed by atoms with Gasteiger partial charge < -0.3 is 4.74 Å². The number of benzene rings is 1. The zero-order chi connectivity index (χ0) is 11.1. The van der Waals surface area contributed by atoms with Crippen molar-refractivity contribution in [3.8, 4) is 11.8 Å². The van der Waals surface area contributed by atoms with Crippen LogP contribution in [0.4, 0.5) is 0 Å². The lowest BCUT2D eigenvalue weighted by molar-refractivity contribution is 0.411. The lowest BCUT2D eigenvalue weighted by atomic mass is 9.96. The number of hydrogen-bond acceptors (Lipinski definition) is 2. The van der Waals surface area contributed by atoms with Crippen molar-refractivity contribution in [1.29, 1.82) is 5.26 Å². The highest BCUT2D eigenvalue weighted by atomic mass is 35.5. The molecule has 0 unspecified atom stereocenters. The van der Waals surface area contributed by atoms with Crippen LogP contribution in [0.3, 0.4) is 0 Å². The monoisotopic (exact) mass is 221 g/mol. The van der Waals surface area contributed by atoms with E-state index in [9.17, 15) is 0 Å². The molecular formula is C12H12ClNO. The summed E-state index contributed by atoms with van der Waals surface area (Å²) in [5.41, 5.74) is 1.73. The van der Waals surface area contributed by atoms with Gasteiger partial charge in [0.15, 0.2) is 0 Å². The fourth-order valence-corrected chi connectivity index (χ4v) is 2.20. The molecule has 2 nitrogen and oxygen atoms in total. The van der Waals surface area contributed by atoms with Crippen LogP contribution in [0.1, 0.15) is 24.0 Å². The van der Waals surface area contributed by atoms with Crippen LogP contribution in [0, 0.1) is 18.3 Å². The van der Waals surface area contributed by atoms with Crippen LogP contribution in [-0.4, -0.2) is 7.11 Å². The minimum atomic E-state index is -0.277. The Kier molecular flexibility index (Phi) is 2.36. The van der Waals surface area contributed by atoms with Gasteiger partial charge in [0.2, 0.25) is 0 Å². The first-order valence-electron chi connectivity index (χ1n) is 4.89. The minimum absolute atomic E-state index is 0.277. The fourth-order valence-electron chi connectivity index (χ4n) is 1.86. The molecule has 0 saturated heterocycles. The molecule has 0 N–H and O–H groups in total. The molecule has 1 aromatic rings. The van der Waals surface area contributed by atoms with Gasteiger partial charge in [0, 0.05) is 0 Å². The molecule has 1 saturated carbocycles. The lowest BCUT2D eigenvalue weighted by Gasteiger charge is -2.12. The molecule has 0 aliphatic heterocycles. The van der Waals surface area contributed by atoms with E-state index >= 15 is 0 Å². The molecule has 0 spiro atoms. The second kappa shape index (κ2) is 3.43. The summed E-state index contributed by atoms with van der Waals surface area (Å²) in [6, 6.07) is 6.21. The summed E-state index contributed by atoms with van der Waals surface area (Å²) in [7, 11) is 1.60. The summed E-state index contributed by atoms with van der Waals surface area (Å²) >= 11 is 6.09. The van der Waals surface area contributed by atoms with Gasteiger partial charge in [0.25, 0.3) is 0 Å². The number of aryl methyl sites for hydroxylation is 1. The lowest BCUT2D eigenvalue weighted by Crippen LogP contribution is -2.03. The van der Waals surface area contributed by atoms with E-state index in [1.165, 1.54) is 0 Å². The second-order valence-corrected chi connectivity index (χ2v) is 4.41. The summed E-state index contributed by atoms with van der Waals surface area (Å²) in [5.74, 6) is 0.703. The molecule has 0 amide bonds. The van der Waals surface area contributed by atoms with Crippen LogP contribution in [-0.2, 0) is 5.41 Å². The first-order valence-corrected chi connectivity index (χ1v) is 5.26. The number of halogens is 1. The van der Waals surface area contributed by atoms with Gasteiger partial charge in [-0.15, -0.1) is 0 Å². The molecule has 0 bridgehead atoms. The van der Waals surface area contributed by atoms with Gasteiger partial charge in [-0.05, 0) is 37.0 Å². The molecular weight excluding hydrogens is 210 g/mol. The zero-order valence-electron chi connectivity index (χ0n) is 8.80. The fraction of sp³-hybridized carbons (Fsp3) is 0.417. The van der Waals surface area contributed by atoms with Crippen LogP contribution in [0.5, 0.6) is 5.75 Å². The number of rotatable bonds is 2. The van der Waals surface area contributed by atoms with Crippen molar-refractivity contribution in [2.24, 2.45) is 0 Å². The Hall–Kier alpha value is -1.20. The molecule has 0 atom stereocenters. The second-order valence-electron chi connectivity index (χ2n) is 4.00. The highest BCUT2D eigenvalue weighted by Gasteiger charge is 2.45. The largest absolute Gasteiger partial charge is 0.495 e. The molecule has 15 heavy (non-hydrogen) atoms. The van der Waals surface area contributed by atoms with Crippen molar-refractivity contribution in [3.63, 3.8) is 0 Å². The summed E-state index contributed by atoms with van der Waals surface area (Å²) in [5, 5.41) is 9.69. The van der Waals surface area contributed by atoms with Crippen molar-refractivity contribution in [1.82, 2.24) is 0 Å². The van der Waals surface area contributed by atoms with E-state index < -0.39 is 0 Å². The topological polar surface area (TPSA) is 33.0 Å². The Morgan fingerprint density at radius 2 is 2.13 bits per heavy atom. The van der Waals surface area contributed by atoms with Crippen LogP contribution >= 0.6 is 11.6 Å². The molecule has 1 aliphatic rings. The van der Waals surface area contributed by atoms with Gasteiger partial charge in [0.1, 0.15) is 5.75 Å². The maximum atomic E-state index is 9.09. The minimum Gasteiger partial charge on any atom is -0.495 e. The van der Waals surface area contributed by atoms with E-state index in [2.05, 4.69) is 6.07 Å². The smallest absolute Gasteiger partial charge is 0.140 e. The van der Waals surface area contributed by atoms with Gasteiger partial charge in [-0.25, -0.2) is 0 Å².